The van der Waals surface area contributed by atoms with Crippen LogP contribution < -0.4 is 4.74 Å². The second kappa shape index (κ2) is 11.8. The number of rotatable bonds is 7. The van der Waals surface area contributed by atoms with Crippen molar-refractivity contribution in [3.63, 3.8) is 0 Å². The minimum absolute atomic E-state index is 0.0380. The highest BCUT2D eigenvalue weighted by Gasteiger charge is 2.36. The van der Waals surface area contributed by atoms with Gasteiger partial charge >= 0.3 is 0 Å². The number of halogens is 2. The van der Waals surface area contributed by atoms with Crippen LogP contribution in [0, 0.1) is 35.3 Å². The van der Waals surface area contributed by atoms with Gasteiger partial charge in [0.1, 0.15) is 0 Å². The second-order valence-corrected chi connectivity index (χ2v) is 10.7. The van der Waals surface area contributed by atoms with Crippen molar-refractivity contribution in [3.05, 3.63) is 41.5 Å². The molecular formula is C29H42F2O2. The van der Waals surface area contributed by atoms with Crippen LogP contribution in [-0.4, -0.2) is 19.3 Å². The van der Waals surface area contributed by atoms with Gasteiger partial charge < -0.3 is 9.47 Å². The van der Waals surface area contributed by atoms with E-state index in [4.69, 9.17) is 9.47 Å². The molecular weight excluding hydrogens is 418 g/mol. The Bertz CT molecular complexity index is 768. The third-order valence-corrected chi connectivity index (χ3v) is 8.57. The van der Waals surface area contributed by atoms with E-state index in [1.807, 2.05) is 6.92 Å². The van der Waals surface area contributed by atoms with Gasteiger partial charge in [0.15, 0.2) is 11.6 Å². The van der Waals surface area contributed by atoms with Crippen LogP contribution in [0.3, 0.4) is 0 Å². The zero-order valence-electron chi connectivity index (χ0n) is 20.5. The van der Waals surface area contributed by atoms with Gasteiger partial charge in [-0.25, -0.2) is 4.39 Å². The Morgan fingerprint density at radius 1 is 0.879 bits per heavy atom. The lowest BCUT2D eigenvalue weighted by atomic mass is 9.71. The van der Waals surface area contributed by atoms with E-state index in [1.54, 1.807) is 12.1 Å². The van der Waals surface area contributed by atoms with Crippen molar-refractivity contribution >= 4 is 0 Å². The van der Waals surface area contributed by atoms with Crippen molar-refractivity contribution in [1.82, 2.24) is 0 Å². The molecule has 2 unspecified atom stereocenters. The molecule has 0 radical (unpaired) electrons. The molecule has 0 N–H and O–H groups in total. The van der Waals surface area contributed by atoms with Gasteiger partial charge in [-0.15, -0.1) is 0 Å². The van der Waals surface area contributed by atoms with Crippen molar-refractivity contribution in [1.29, 1.82) is 0 Å². The quantitative estimate of drug-likeness (QED) is 0.382. The van der Waals surface area contributed by atoms with E-state index in [0.29, 0.717) is 30.1 Å². The summed E-state index contributed by atoms with van der Waals surface area (Å²) in [7, 11) is 0. The van der Waals surface area contributed by atoms with E-state index in [0.717, 1.165) is 50.5 Å². The van der Waals surface area contributed by atoms with Crippen LogP contribution in [-0.2, 0) is 4.74 Å². The fourth-order valence-electron chi connectivity index (χ4n) is 6.60. The molecule has 1 heterocycles. The van der Waals surface area contributed by atoms with Gasteiger partial charge in [0.25, 0.3) is 0 Å². The van der Waals surface area contributed by atoms with Crippen LogP contribution in [0.2, 0.25) is 0 Å². The van der Waals surface area contributed by atoms with Crippen LogP contribution in [0.5, 0.6) is 5.75 Å². The highest BCUT2D eigenvalue weighted by atomic mass is 19.2. The number of hydrogen-bond donors (Lipinski definition) is 0. The molecule has 3 aliphatic rings. The lowest BCUT2D eigenvalue weighted by Crippen LogP contribution is -2.37. The van der Waals surface area contributed by atoms with E-state index in [2.05, 4.69) is 19.1 Å². The summed E-state index contributed by atoms with van der Waals surface area (Å²) in [6.07, 6.45) is 17.5. The summed E-state index contributed by atoms with van der Waals surface area (Å²) in [6, 6.07) is 3.35. The van der Waals surface area contributed by atoms with Gasteiger partial charge in [-0.2, -0.15) is 4.39 Å². The standard InChI is InChI=1S/C29H42F2O2/c1-3-5-20-6-8-23(9-7-20)26-16-14-24(19-33-26)21-10-12-22(13-11-21)25-15-17-27(32-18-4-2)29(31)28(25)30/h3,5,15,17,20-24,26H,4,6-14,16,18-19H2,1-2H3/b5-3+. The maximum atomic E-state index is 14.7. The van der Waals surface area contributed by atoms with E-state index in [9.17, 15) is 8.78 Å². The predicted octanol–water partition coefficient (Wildman–Crippen LogP) is 8.21. The Labute approximate surface area is 199 Å². The monoisotopic (exact) mass is 460 g/mol. The number of hydrogen-bond acceptors (Lipinski definition) is 2. The molecule has 0 aromatic heterocycles. The SMILES string of the molecule is C/C=C/C1CCC(C2CCC(C3CCC(c4ccc(OCCC)c(F)c4F)CC3)CO2)CC1. The highest BCUT2D eigenvalue weighted by molar-refractivity contribution is 5.33. The molecule has 4 heteroatoms. The first kappa shape index (κ1) is 24.7. The van der Waals surface area contributed by atoms with Crippen LogP contribution in [0.1, 0.15) is 96.0 Å². The average Bonchev–Trinajstić information content (AvgIpc) is 2.86. The molecule has 0 bridgehead atoms. The molecule has 2 aliphatic carbocycles. The van der Waals surface area contributed by atoms with Gasteiger partial charge in [-0.05, 0) is 119 Å². The van der Waals surface area contributed by atoms with E-state index >= 15 is 0 Å². The van der Waals surface area contributed by atoms with Crippen LogP contribution in [0.25, 0.3) is 0 Å². The molecule has 1 saturated heterocycles. The summed E-state index contributed by atoms with van der Waals surface area (Å²) in [6.45, 7) is 5.37. The lowest BCUT2D eigenvalue weighted by molar-refractivity contribution is -0.0721. The number of benzene rings is 1. The van der Waals surface area contributed by atoms with Crippen molar-refractivity contribution in [2.75, 3.05) is 13.2 Å². The Balaban J connectivity index is 1.24. The van der Waals surface area contributed by atoms with E-state index in [-0.39, 0.29) is 11.7 Å². The predicted molar refractivity (Wildman–Crippen MR) is 130 cm³/mol. The lowest BCUT2D eigenvalue weighted by Gasteiger charge is -2.41. The van der Waals surface area contributed by atoms with Gasteiger partial charge in [-0.3, -0.25) is 0 Å². The van der Waals surface area contributed by atoms with E-state index < -0.39 is 11.6 Å². The zero-order chi connectivity index (χ0) is 23.2. The van der Waals surface area contributed by atoms with Crippen molar-refractivity contribution < 1.29 is 18.3 Å². The second-order valence-electron chi connectivity index (χ2n) is 10.7. The highest BCUT2D eigenvalue weighted by Crippen LogP contribution is 2.44. The van der Waals surface area contributed by atoms with Gasteiger partial charge in [-0.1, -0.05) is 25.1 Å². The van der Waals surface area contributed by atoms with Gasteiger partial charge in [0.2, 0.25) is 5.82 Å². The molecule has 33 heavy (non-hydrogen) atoms. The zero-order valence-corrected chi connectivity index (χ0v) is 20.5. The molecule has 0 spiro atoms. The van der Waals surface area contributed by atoms with Crippen LogP contribution in [0.15, 0.2) is 24.3 Å². The molecule has 1 aromatic carbocycles. The Hall–Kier alpha value is -1.42. The summed E-state index contributed by atoms with van der Waals surface area (Å²) in [4.78, 5) is 0. The summed E-state index contributed by atoms with van der Waals surface area (Å²) in [5.74, 6) is 1.42. The van der Waals surface area contributed by atoms with E-state index in [1.165, 1.54) is 38.5 Å². The molecule has 0 amide bonds. The normalized spacial score (nSPS) is 33.3. The molecule has 2 saturated carbocycles. The molecule has 3 fully saturated rings. The van der Waals surface area contributed by atoms with Crippen LogP contribution in [0.4, 0.5) is 8.78 Å². The first-order valence-electron chi connectivity index (χ1n) is 13.5. The first-order chi connectivity index (χ1) is 16.1. The number of allylic oxidation sites excluding steroid dienone is 2. The summed E-state index contributed by atoms with van der Waals surface area (Å²) in [5.41, 5.74) is 0.531. The third kappa shape index (κ3) is 5.99. The van der Waals surface area contributed by atoms with Crippen molar-refractivity contribution in [2.45, 2.75) is 96.5 Å². The smallest absolute Gasteiger partial charge is 0.200 e. The summed E-state index contributed by atoms with van der Waals surface area (Å²) < 4.78 is 40.9. The Morgan fingerprint density at radius 3 is 2.21 bits per heavy atom. The van der Waals surface area contributed by atoms with Crippen molar-refractivity contribution in [3.8, 4) is 5.75 Å². The Kier molecular flexibility index (Phi) is 8.85. The maximum Gasteiger partial charge on any atom is 0.200 e. The minimum atomic E-state index is -0.824. The first-order valence-corrected chi connectivity index (χ1v) is 13.5. The number of ether oxygens (including phenoxy) is 2. The molecule has 1 aromatic rings. The molecule has 4 rings (SSSR count). The van der Waals surface area contributed by atoms with Gasteiger partial charge in [0.05, 0.1) is 19.3 Å². The fourth-order valence-corrected chi connectivity index (χ4v) is 6.60. The molecule has 2 nitrogen and oxygen atoms in total. The molecule has 1 aliphatic heterocycles. The molecule has 184 valence electrons. The third-order valence-electron chi connectivity index (χ3n) is 8.57. The fraction of sp³-hybridized carbons (Fsp3) is 0.724. The maximum absolute atomic E-state index is 14.7. The molecule has 2 atom stereocenters. The largest absolute Gasteiger partial charge is 0.490 e. The summed E-state index contributed by atoms with van der Waals surface area (Å²) >= 11 is 0. The van der Waals surface area contributed by atoms with Gasteiger partial charge in [0, 0.05) is 0 Å². The van der Waals surface area contributed by atoms with Crippen LogP contribution >= 0.6 is 0 Å². The minimum Gasteiger partial charge on any atom is -0.490 e. The van der Waals surface area contributed by atoms with Crippen molar-refractivity contribution in [2.24, 2.45) is 23.7 Å². The summed E-state index contributed by atoms with van der Waals surface area (Å²) in [5, 5.41) is 0. The Morgan fingerprint density at radius 2 is 1.58 bits per heavy atom. The average molecular weight is 461 g/mol. The topological polar surface area (TPSA) is 18.5 Å².